The zero-order valence-electron chi connectivity index (χ0n) is 14.1. The summed E-state index contributed by atoms with van der Waals surface area (Å²) < 4.78 is 0. The van der Waals surface area contributed by atoms with Crippen LogP contribution in [0.15, 0.2) is 0 Å². The van der Waals surface area contributed by atoms with Gasteiger partial charge in [-0.15, -0.1) is 12.4 Å². The highest BCUT2D eigenvalue weighted by molar-refractivity contribution is 5.85. The molecule has 0 aromatic carbocycles. The van der Waals surface area contributed by atoms with Crippen molar-refractivity contribution in [2.45, 2.75) is 76.3 Å². The molecule has 0 heterocycles. The zero-order valence-corrected chi connectivity index (χ0v) is 14.9. The first kappa shape index (κ1) is 19.7. The second kappa shape index (κ2) is 10.5. The normalized spacial score (nSPS) is 21.6. The van der Waals surface area contributed by atoms with Gasteiger partial charge in [0.15, 0.2) is 0 Å². The highest BCUT2D eigenvalue weighted by Gasteiger charge is 2.22. The molecule has 2 saturated carbocycles. The predicted molar refractivity (Wildman–Crippen MR) is 94.3 cm³/mol. The van der Waals surface area contributed by atoms with Crippen molar-refractivity contribution in [3.63, 3.8) is 0 Å². The molecule has 0 aliphatic heterocycles. The van der Waals surface area contributed by atoms with Gasteiger partial charge in [0.2, 0.25) is 5.91 Å². The van der Waals surface area contributed by atoms with Crippen LogP contribution in [-0.4, -0.2) is 43.0 Å². The molecule has 22 heavy (non-hydrogen) atoms. The molecule has 0 bridgehead atoms. The van der Waals surface area contributed by atoms with E-state index >= 15 is 0 Å². The number of hydrogen-bond acceptors (Lipinski definition) is 3. The van der Waals surface area contributed by atoms with Gasteiger partial charge >= 0.3 is 0 Å². The first-order chi connectivity index (χ1) is 10.2. The average molecular weight is 332 g/mol. The van der Waals surface area contributed by atoms with E-state index in [1.54, 1.807) is 0 Å². The van der Waals surface area contributed by atoms with Crippen molar-refractivity contribution in [3.05, 3.63) is 0 Å². The maximum atomic E-state index is 12.1. The van der Waals surface area contributed by atoms with E-state index in [1.807, 2.05) is 0 Å². The maximum Gasteiger partial charge on any atom is 0.236 e. The fraction of sp³-hybridized carbons (Fsp3) is 0.941. The van der Waals surface area contributed by atoms with E-state index in [-0.39, 0.29) is 24.4 Å². The Morgan fingerprint density at radius 3 is 2.36 bits per heavy atom. The summed E-state index contributed by atoms with van der Waals surface area (Å²) in [6.07, 6.45) is 12.7. The standard InChI is InChI=1S/C17H33N3O.ClH/c1-20(15-9-5-6-10-15)12-11-19-17(21)16(18)13-14-7-3-2-4-8-14;/h14-16H,2-13,18H2,1H3,(H,19,21);1H. The molecule has 0 saturated heterocycles. The lowest BCUT2D eigenvalue weighted by atomic mass is 9.85. The van der Waals surface area contributed by atoms with Crippen LogP contribution in [0.2, 0.25) is 0 Å². The summed E-state index contributed by atoms with van der Waals surface area (Å²) >= 11 is 0. The monoisotopic (exact) mass is 331 g/mol. The Balaban J connectivity index is 0.00000242. The molecule has 0 aromatic heterocycles. The Morgan fingerprint density at radius 1 is 1.14 bits per heavy atom. The average Bonchev–Trinajstić information content (AvgIpc) is 3.02. The van der Waals surface area contributed by atoms with Crippen molar-refractivity contribution >= 4 is 18.3 Å². The van der Waals surface area contributed by atoms with E-state index < -0.39 is 0 Å². The lowest BCUT2D eigenvalue weighted by Gasteiger charge is -2.25. The number of rotatable bonds is 7. The van der Waals surface area contributed by atoms with Gasteiger partial charge in [0.25, 0.3) is 0 Å². The van der Waals surface area contributed by atoms with Crippen molar-refractivity contribution < 1.29 is 4.79 Å². The van der Waals surface area contributed by atoms with Crippen molar-refractivity contribution in [2.24, 2.45) is 11.7 Å². The predicted octanol–water partition coefficient (Wildman–Crippen LogP) is 2.70. The van der Waals surface area contributed by atoms with Gasteiger partial charge in [-0.2, -0.15) is 0 Å². The molecule has 0 radical (unpaired) electrons. The molecular weight excluding hydrogens is 298 g/mol. The molecule has 3 N–H and O–H groups in total. The SMILES string of the molecule is CN(CCNC(=O)C(N)CC1CCCCC1)C1CCCC1.Cl. The third kappa shape index (κ3) is 6.43. The van der Waals surface area contributed by atoms with Gasteiger partial charge in [-0.1, -0.05) is 44.9 Å². The molecule has 1 unspecified atom stereocenters. The minimum atomic E-state index is -0.315. The number of carbonyl (C=O) groups is 1. The summed E-state index contributed by atoms with van der Waals surface area (Å²) in [4.78, 5) is 14.5. The van der Waals surface area contributed by atoms with Gasteiger partial charge in [0.1, 0.15) is 0 Å². The molecule has 0 aromatic rings. The van der Waals surface area contributed by atoms with E-state index in [2.05, 4.69) is 17.3 Å². The van der Waals surface area contributed by atoms with Crippen molar-refractivity contribution in [1.29, 1.82) is 0 Å². The van der Waals surface area contributed by atoms with E-state index in [0.717, 1.165) is 25.6 Å². The van der Waals surface area contributed by atoms with Crippen LogP contribution in [-0.2, 0) is 4.79 Å². The van der Waals surface area contributed by atoms with Crippen molar-refractivity contribution in [2.75, 3.05) is 20.1 Å². The Hall–Kier alpha value is -0.320. The smallest absolute Gasteiger partial charge is 0.236 e. The van der Waals surface area contributed by atoms with Crippen LogP contribution in [0.4, 0.5) is 0 Å². The number of likely N-dealkylation sites (N-methyl/N-ethyl adjacent to an activating group) is 1. The molecule has 1 atom stereocenters. The fourth-order valence-electron chi connectivity index (χ4n) is 3.90. The number of hydrogen-bond donors (Lipinski definition) is 2. The molecule has 5 heteroatoms. The van der Waals surface area contributed by atoms with Crippen LogP contribution in [0, 0.1) is 5.92 Å². The maximum absolute atomic E-state index is 12.1. The minimum absolute atomic E-state index is 0. The lowest BCUT2D eigenvalue weighted by molar-refractivity contribution is -0.122. The minimum Gasteiger partial charge on any atom is -0.353 e. The highest BCUT2D eigenvalue weighted by atomic mass is 35.5. The fourth-order valence-corrected chi connectivity index (χ4v) is 3.90. The highest BCUT2D eigenvalue weighted by Crippen LogP contribution is 2.27. The van der Waals surface area contributed by atoms with Crippen LogP contribution >= 0.6 is 12.4 Å². The third-order valence-corrected chi connectivity index (χ3v) is 5.36. The number of nitrogens with zero attached hydrogens (tertiary/aromatic N) is 1. The van der Waals surface area contributed by atoms with E-state index in [1.165, 1.54) is 57.8 Å². The van der Waals surface area contributed by atoms with Crippen LogP contribution in [0.25, 0.3) is 0 Å². The van der Waals surface area contributed by atoms with Gasteiger partial charge in [-0.25, -0.2) is 0 Å². The number of amides is 1. The second-order valence-electron chi connectivity index (χ2n) is 7.06. The molecule has 2 aliphatic rings. The van der Waals surface area contributed by atoms with Gasteiger partial charge in [-0.3, -0.25) is 4.79 Å². The van der Waals surface area contributed by atoms with E-state index in [9.17, 15) is 4.79 Å². The molecule has 0 spiro atoms. The molecule has 2 aliphatic carbocycles. The summed E-state index contributed by atoms with van der Waals surface area (Å²) in [5, 5.41) is 3.02. The van der Waals surface area contributed by atoms with Crippen molar-refractivity contribution in [3.8, 4) is 0 Å². The molecule has 2 rings (SSSR count). The third-order valence-electron chi connectivity index (χ3n) is 5.36. The zero-order chi connectivity index (χ0) is 15.1. The summed E-state index contributed by atoms with van der Waals surface area (Å²) in [6.45, 7) is 1.66. The van der Waals surface area contributed by atoms with Gasteiger partial charge in [0, 0.05) is 19.1 Å². The molecule has 1 amide bonds. The van der Waals surface area contributed by atoms with Gasteiger partial charge in [0.05, 0.1) is 6.04 Å². The van der Waals surface area contributed by atoms with Crippen LogP contribution in [0.5, 0.6) is 0 Å². The summed E-state index contributed by atoms with van der Waals surface area (Å²) in [7, 11) is 2.17. The largest absolute Gasteiger partial charge is 0.353 e. The Kier molecular flexibility index (Phi) is 9.37. The van der Waals surface area contributed by atoms with Crippen molar-refractivity contribution in [1.82, 2.24) is 10.2 Å². The number of nitrogens with two attached hydrogens (primary N) is 1. The topological polar surface area (TPSA) is 58.4 Å². The van der Waals surface area contributed by atoms with Gasteiger partial charge < -0.3 is 16.0 Å². The lowest BCUT2D eigenvalue weighted by Crippen LogP contribution is -2.45. The van der Waals surface area contributed by atoms with Crippen LogP contribution < -0.4 is 11.1 Å². The Morgan fingerprint density at radius 2 is 1.73 bits per heavy atom. The van der Waals surface area contributed by atoms with E-state index in [0.29, 0.717) is 5.92 Å². The first-order valence-corrected chi connectivity index (χ1v) is 8.90. The Labute approximate surface area is 142 Å². The quantitative estimate of drug-likeness (QED) is 0.754. The van der Waals surface area contributed by atoms with Crippen LogP contribution in [0.1, 0.15) is 64.2 Å². The molecular formula is C17H34ClN3O. The number of halogens is 1. The van der Waals surface area contributed by atoms with Crippen LogP contribution in [0.3, 0.4) is 0 Å². The number of nitrogens with one attached hydrogen (secondary N) is 1. The Bertz CT molecular complexity index is 315. The summed E-state index contributed by atoms with van der Waals surface area (Å²) in [6, 6.07) is 0.405. The molecule has 130 valence electrons. The molecule has 4 nitrogen and oxygen atoms in total. The summed E-state index contributed by atoms with van der Waals surface area (Å²) in [5.41, 5.74) is 6.06. The summed E-state index contributed by atoms with van der Waals surface area (Å²) in [5.74, 6) is 0.709. The van der Waals surface area contributed by atoms with E-state index in [4.69, 9.17) is 5.73 Å². The first-order valence-electron chi connectivity index (χ1n) is 8.90. The second-order valence-corrected chi connectivity index (χ2v) is 7.06. The van der Waals surface area contributed by atoms with Gasteiger partial charge in [-0.05, 0) is 32.2 Å². The number of carbonyl (C=O) groups excluding carboxylic acids is 1. The molecule has 2 fully saturated rings.